The summed E-state index contributed by atoms with van der Waals surface area (Å²) in [6.07, 6.45) is 2.16. The van der Waals surface area contributed by atoms with Gasteiger partial charge in [0.25, 0.3) is 0 Å². The third-order valence-electron chi connectivity index (χ3n) is 2.81. The van der Waals surface area contributed by atoms with Crippen LogP contribution in [0.4, 0.5) is 4.39 Å². The Morgan fingerprint density at radius 3 is 2.50 bits per heavy atom. The minimum atomic E-state index is -0.289. The minimum absolute atomic E-state index is 0.289. The summed E-state index contributed by atoms with van der Waals surface area (Å²) in [5.41, 5.74) is 6.24. The summed E-state index contributed by atoms with van der Waals surface area (Å²) in [6.45, 7) is 5.24. The van der Waals surface area contributed by atoms with Crippen LogP contribution in [0.2, 0.25) is 0 Å². The lowest BCUT2D eigenvalue weighted by Crippen LogP contribution is -2.10. The summed E-state index contributed by atoms with van der Waals surface area (Å²) in [4.78, 5) is 0. The van der Waals surface area contributed by atoms with Crippen LogP contribution in [0.5, 0.6) is 5.75 Å². The maximum Gasteiger partial charge on any atom is 0.127 e. The number of halogens is 1. The first kappa shape index (κ1) is 13.0. The molecule has 0 radical (unpaired) electrons. The van der Waals surface area contributed by atoms with Crippen LogP contribution in [0.1, 0.15) is 32.3 Å². The van der Waals surface area contributed by atoms with Crippen molar-refractivity contribution in [3.63, 3.8) is 0 Å². The SMILES string of the molecule is CCC(CC)COc1cc(F)cc(CN)c1. The molecule has 3 heteroatoms. The van der Waals surface area contributed by atoms with Gasteiger partial charge in [0.2, 0.25) is 0 Å². The lowest BCUT2D eigenvalue weighted by molar-refractivity contribution is 0.239. The molecule has 0 amide bonds. The first-order valence-corrected chi connectivity index (χ1v) is 5.81. The van der Waals surface area contributed by atoms with E-state index in [1.54, 1.807) is 6.07 Å². The summed E-state index contributed by atoms with van der Waals surface area (Å²) in [7, 11) is 0. The van der Waals surface area contributed by atoms with Crippen LogP contribution in [0.25, 0.3) is 0 Å². The zero-order valence-corrected chi connectivity index (χ0v) is 10.0. The minimum Gasteiger partial charge on any atom is -0.493 e. The molecule has 0 spiro atoms. The number of benzene rings is 1. The molecule has 16 heavy (non-hydrogen) atoms. The molecule has 0 heterocycles. The van der Waals surface area contributed by atoms with Crippen LogP contribution in [0, 0.1) is 11.7 Å². The zero-order valence-electron chi connectivity index (χ0n) is 10.0. The van der Waals surface area contributed by atoms with Crippen LogP contribution in [-0.2, 0) is 6.54 Å². The summed E-state index contributed by atoms with van der Waals surface area (Å²) in [5.74, 6) is 0.819. The van der Waals surface area contributed by atoms with Crippen LogP contribution in [0.15, 0.2) is 18.2 Å². The van der Waals surface area contributed by atoms with E-state index in [0.29, 0.717) is 24.8 Å². The van der Waals surface area contributed by atoms with Crippen LogP contribution in [0.3, 0.4) is 0 Å². The molecule has 0 fully saturated rings. The third-order valence-corrected chi connectivity index (χ3v) is 2.81. The fraction of sp³-hybridized carbons (Fsp3) is 0.538. The largest absolute Gasteiger partial charge is 0.493 e. The molecule has 0 unspecified atom stereocenters. The van der Waals surface area contributed by atoms with E-state index in [0.717, 1.165) is 18.4 Å². The molecular weight excluding hydrogens is 205 g/mol. The van der Waals surface area contributed by atoms with Gasteiger partial charge in [-0.3, -0.25) is 0 Å². The van der Waals surface area contributed by atoms with Gasteiger partial charge in [0.15, 0.2) is 0 Å². The smallest absolute Gasteiger partial charge is 0.127 e. The van der Waals surface area contributed by atoms with E-state index in [-0.39, 0.29) is 5.82 Å². The Bertz CT molecular complexity index is 324. The molecule has 1 aromatic rings. The summed E-state index contributed by atoms with van der Waals surface area (Å²) < 4.78 is 18.7. The van der Waals surface area contributed by atoms with E-state index >= 15 is 0 Å². The Morgan fingerprint density at radius 1 is 1.25 bits per heavy atom. The van der Waals surface area contributed by atoms with Crippen molar-refractivity contribution >= 4 is 0 Å². The van der Waals surface area contributed by atoms with Crippen LogP contribution in [-0.4, -0.2) is 6.61 Å². The van der Waals surface area contributed by atoms with Gasteiger partial charge < -0.3 is 10.5 Å². The Morgan fingerprint density at radius 2 is 1.94 bits per heavy atom. The van der Waals surface area contributed by atoms with Crippen LogP contribution >= 0.6 is 0 Å². The number of ether oxygens (including phenoxy) is 1. The molecule has 0 saturated carbocycles. The lowest BCUT2D eigenvalue weighted by Gasteiger charge is -2.14. The summed E-state index contributed by atoms with van der Waals surface area (Å²) >= 11 is 0. The van der Waals surface area contributed by atoms with Crippen molar-refractivity contribution in [1.82, 2.24) is 0 Å². The van der Waals surface area contributed by atoms with Gasteiger partial charge in [-0.1, -0.05) is 26.7 Å². The third kappa shape index (κ3) is 3.81. The van der Waals surface area contributed by atoms with Crippen LogP contribution < -0.4 is 10.5 Å². The normalized spacial score (nSPS) is 10.8. The molecule has 0 aliphatic carbocycles. The summed E-state index contributed by atoms with van der Waals surface area (Å²) in [6, 6.07) is 4.64. The zero-order chi connectivity index (χ0) is 12.0. The highest BCUT2D eigenvalue weighted by molar-refractivity contribution is 5.29. The van der Waals surface area contributed by atoms with Crippen molar-refractivity contribution in [2.24, 2.45) is 11.7 Å². The lowest BCUT2D eigenvalue weighted by atomic mass is 10.1. The number of hydrogen-bond acceptors (Lipinski definition) is 2. The van der Waals surface area contributed by atoms with Gasteiger partial charge in [0, 0.05) is 12.6 Å². The van der Waals surface area contributed by atoms with Gasteiger partial charge in [-0.15, -0.1) is 0 Å². The van der Waals surface area contributed by atoms with E-state index in [1.165, 1.54) is 12.1 Å². The van der Waals surface area contributed by atoms with E-state index in [4.69, 9.17) is 10.5 Å². The molecule has 1 aromatic carbocycles. The van der Waals surface area contributed by atoms with E-state index in [9.17, 15) is 4.39 Å². The Balaban J connectivity index is 2.62. The molecule has 2 nitrogen and oxygen atoms in total. The number of nitrogens with two attached hydrogens (primary N) is 1. The predicted octanol–water partition coefficient (Wildman–Crippen LogP) is 3.10. The van der Waals surface area contributed by atoms with Crippen molar-refractivity contribution in [2.45, 2.75) is 33.2 Å². The Hall–Kier alpha value is -1.09. The van der Waals surface area contributed by atoms with E-state index in [2.05, 4.69) is 13.8 Å². The molecule has 0 aliphatic rings. The maximum absolute atomic E-state index is 13.2. The molecule has 0 aromatic heterocycles. The molecular formula is C13H20FNO. The monoisotopic (exact) mass is 225 g/mol. The highest BCUT2D eigenvalue weighted by Crippen LogP contribution is 2.18. The van der Waals surface area contributed by atoms with Gasteiger partial charge >= 0.3 is 0 Å². The molecule has 0 atom stereocenters. The van der Waals surface area contributed by atoms with Crippen molar-refractivity contribution < 1.29 is 9.13 Å². The standard InChI is InChI=1S/C13H20FNO/c1-3-10(4-2)9-16-13-6-11(8-15)5-12(14)7-13/h5-7,10H,3-4,8-9,15H2,1-2H3. The number of hydrogen-bond donors (Lipinski definition) is 1. The molecule has 1 rings (SSSR count). The maximum atomic E-state index is 13.2. The van der Waals surface area contributed by atoms with E-state index in [1.807, 2.05) is 0 Å². The first-order chi connectivity index (χ1) is 7.69. The molecule has 0 aliphatic heterocycles. The second-order valence-corrected chi connectivity index (χ2v) is 3.99. The van der Waals surface area contributed by atoms with Gasteiger partial charge in [-0.2, -0.15) is 0 Å². The van der Waals surface area contributed by atoms with Gasteiger partial charge in [-0.05, 0) is 23.6 Å². The first-order valence-electron chi connectivity index (χ1n) is 5.81. The number of rotatable bonds is 6. The van der Waals surface area contributed by atoms with Crippen molar-refractivity contribution in [3.05, 3.63) is 29.6 Å². The van der Waals surface area contributed by atoms with Crippen molar-refractivity contribution in [2.75, 3.05) is 6.61 Å². The topological polar surface area (TPSA) is 35.2 Å². The summed E-state index contributed by atoms with van der Waals surface area (Å²) in [5, 5.41) is 0. The van der Waals surface area contributed by atoms with Gasteiger partial charge in [0.05, 0.1) is 6.61 Å². The fourth-order valence-electron chi connectivity index (χ4n) is 1.56. The molecule has 90 valence electrons. The van der Waals surface area contributed by atoms with E-state index < -0.39 is 0 Å². The molecule has 0 bridgehead atoms. The average Bonchev–Trinajstić information content (AvgIpc) is 2.29. The average molecular weight is 225 g/mol. The quantitative estimate of drug-likeness (QED) is 0.807. The molecule has 0 saturated heterocycles. The second kappa shape index (κ2) is 6.48. The molecule has 2 N–H and O–H groups in total. The van der Waals surface area contributed by atoms with Gasteiger partial charge in [-0.25, -0.2) is 4.39 Å². The predicted molar refractivity (Wildman–Crippen MR) is 63.9 cm³/mol. The highest BCUT2D eigenvalue weighted by Gasteiger charge is 2.06. The van der Waals surface area contributed by atoms with Crippen molar-refractivity contribution in [1.29, 1.82) is 0 Å². The van der Waals surface area contributed by atoms with Crippen molar-refractivity contribution in [3.8, 4) is 5.75 Å². The Labute approximate surface area is 96.6 Å². The second-order valence-electron chi connectivity index (χ2n) is 3.99. The van der Waals surface area contributed by atoms with Gasteiger partial charge in [0.1, 0.15) is 11.6 Å². The fourth-order valence-corrected chi connectivity index (χ4v) is 1.56. The highest BCUT2D eigenvalue weighted by atomic mass is 19.1. The Kier molecular flexibility index (Phi) is 5.26.